The number of nitrogens with zero attached hydrogens (tertiary/aromatic N) is 1. The zero-order chi connectivity index (χ0) is 26.4. The van der Waals surface area contributed by atoms with Crippen LogP contribution in [-0.2, 0) is 14.8 Å². The maximum absolute atomic E-state index is 13.6. The summed E-state index contributed by atoms with van der Waals surface area (Å²) in [5.41, 5.74) is 1.95. The molecule has 0 spiro atoms. The lowest BCUT2D eigenvalue weighted by molar-refractivity contribution is -0.114. The maximum atomic E-state index is 13.6. The van der Waals surface area contributed by atoms with Crippen LogP contribution in [0, 0.1) is 6.92 Å². The van der Waals surface area contributed by atoms with Gasteiger partial charge >= 0.3 is 0 Å². The van der Waals surface area contributed by atoms with Crippen LogP contribution in [0.4, 0.5) is 11.4 Å². The fourth-order valence-electron chi connectivity index (χ4n) is 4.40. The van der Waals surface area contributed by atoms with Gasteiger partial charge < -0.3 is 10.6 Å². The van der Waals surface area contributed by atoms with E-state index < -0.39 is 22.5 Å². The fourth-order valence-corrected chi connectivity index (χ4v) is 6.20. The first-order valence-corrected chi connectivity index (χ1v) is 14.5. The number of carbonyl (C=O) groups excluding carboxylic acids is 2. The molecule has 0 saturated heterocycles. The Morgan fingerprint density at radius 2 is 1.65 bits per heavy atom. The van der Waals surface area contributed by atoms with Crippen LogP contribution in [0.15, 0.2) is 82.2 Å². The highest BCUT2D eigenvalue weighted by Crippen LogP contribution is 2.27. The van der Waals surface area contributed by atoms with Crippen LogP contribution in [0.1, 0.15) is 48.0 Å². The number of sulfonamides is 1. The number of hydrogen-bond acceptors (Lipinski definition) is 4. The van der Waals surface area contributed by atoms with E-state index in [0.29, 0.717) is 21.4 Å². The first-order valence-electron chi connectivity index (χ1n) is 12.3. The van der Waals surface area contributed by atoms with Gasteiger partial charge in [0.25, 0.3) is 15.9 Å². The van der Waals surface area contributed by atoms with E-state index in [-0.39, 0.29) is 16.8 Å². The molecule has 0 aliphatic heterocycles. The number of benzene rings is 3. The summed E-state index contributed by atoms with van der Waals surface area (Å²) in [5.74, 6) is -0.812. The van der Waals surface area contributed by atoms with Crippen molar-refractivity contribution in [3.05, 3.63) is 88.4 Å². The van der Waals surface area contributed by atoms with Gasteiger partial charge in [0.15, 0.2) is 0 Å². The highest BCUT2D eigenvalue weighted by atomic mass is 79.9. The van der Waals surface area contributed by atoms with Gasteiger partial charge in [0.05, 0.1) is 21.8 Å². The van der Waals surface area contributed by atoms with Gasteiger partial charge in [0, 0.05) is 10.5 Å². The zero-order valence-electron chi connectivity index (χ0n) is 20.6. The molecule has 3 aromatic carbocycles. The number of hydrogen-bond donors (Lipinski definition) is 2. The molecule has 194 valence electrons. The molecule has 2 amide bonds. The lowest BCUT2D eigenvalue weighted by Gasteiger charge is -2.25. The summed E-state index contributed by atoms with van der Waals surface area (Å²) in [4.78, 5) is 26.3. The van der Waals surface area contributed by atoms with E-state index in [4.69, 9.17) is 0 Å². The van der Waals surface area contributed by atoms with Crippen LogP contribution in [0.5, 0.6) is 0 Å². The summed E-state index contributed by atoms with van der Waals surface area (Å²) in [5, 5.41) is 5.83. The Morgan fingerprint density at radius 1 is 0.946 bits per heavy atom. The van der Waals surface area contributed by atoms with Crippen molar-refractivity contribution in [3.8, 4) is 0 Å². The van der Waals surface area contributed by atoms with Gasteiger partial charge in [0.1, 0.15) is 6.54 Å². The van der Waals surface area contributed by atoms with Gasteiger partial charge in [-0.3, -0.25) is 13.9 Å². The summed E-state index contributed by atoms with van der Waals surface area (Å²) < 4.78 is 29.0. The molecule has 0 atom stereocenters. The van der Waals surface area contributed by atoms with Crippen LogP contribution in [0.25, 0.3) is 0 Å². The molecule has 0 unspecified atom stereocenters. The fraction of sp³-hybridized carbons (Fsp3) is 0.286. The average Bonchev–Trinajstić information content (AvgIpc) is 2.88. The monoisotopic (exact) mass is 583 g/mol. The van der Waals surface area contributed by atoms with Crippen molar-refractivity contribution in [2.24, 2.45) is 0 Å². The summed E-state index contributed by atoms with van der Waals surface area (Å²) in [6.07, 6.45) is 5.24. The first-order chi connectivity index (χ1) is 17.7. The number of aryl methyl sites for hydroxylation is 1. The summed E-state index contributed by atoms with van der Waals surface area (Å²) >= 11 is 3.38. The largest absolute Gasteiger partial charge is 0.349 e. The number of anilines is 2. The summed E-state index contributed by atoms with van der Waals surface area (Å²) in [6, 6.07) is 20.1. The molecular weight excluding hydrogens is 554 g/mol. The van der Waals surface area contributed by atoms with Crippen molar-refractivity contribution in [3.63, 3.8) is 0 Å². The number of para-hydroxylation sites is 1. The van der Waals surface area contributed by atoms with Crippen LogP contribution >= 0.6 is 15.9 Å². The average molecular weight is 585 g/mol. The molecule has 1 saturated carbocycles. The molecule has 37 heavy (non-hydrogen) atoms. The molecule has 0 bridgehead atoms. The van der Waals surface area contributed by atoms with Crippen molar-refractivity contribution >= 4 is 49.1 Å². The quantitative estimate of drug-likeness (QED) is 0.358. The minimum atomic E-state index is -4.05. The van der Waals surface area contributed by atoms with Crippen molar-refractivity contribution in [1.82, 2.24) is 5.32 Å². The lowest BCUT2D eigenvalue weighted by Crippen LogP contribution is -2.39. The Bertz CT molecular complexity index is 1370. The molecule has 7 nitrogen and oxygen atoms in total. The number of rotatable bonds is 8. The third-order valence-corrected chi connectivity index (χ3v) is 8.66. The molecule has 0 aromatic heterocycles. The van der Waals surface area contributed by atoms with Crippen molar-refractivity contribution < 1.29 is 18.0 Å². The van der Waals surface area contributed by atoms with Crippen LogP contribution in [0.3, 0.4) is 0 Å². The van der Waals surface area contributed by atoms with Gasteiger partial charge in [-0.15, -0.1) is 0 Å². The Labute approximate surface area is 226 Å². The number of halogens is 1. The minimum Gasteiger partial charge on any atom is -0.349 e. The molecule has 3 aromatic rings. The Balaban J connectivity index is 1.57. The molecule has 1 aliphatic rings. The minimum absolute atomic E-state index is 0.0816. The molecule has 1 aliphatic carbocycles. The lowest BCUT2D eigenvalue weighted by atomic mass is 9.95. The second-order valence-corrected chi connectivity index (χ2v) is 12.0. The van der Waals surface area contributed by atoms with E-state index >= 15 is 0 Å². The molecule has 0 heterocycles. The van der Waals surface area contributed by atoms with E-state index in [9.17, 15) is 18.0 Å². The standard InChI is InChI=1S/C28H30BrN3O4S/c1-20-14-16-24(17-15-20)37(35,36)32(23-11-7-8-21(29)18-23)19-27(33)31-26-13-6-5-12-25(26)28(34)30-22-9-3-2-4-10-22/h5-8,11-18,22H,2-4,9-10,19H2,1H3,(H,30,34)(H,31,33). The third-order valence-electron chi connectivity index (χ3n) is 6.38. The number of carbonyl (C=O) groups is 2. The van der Waals surface area contributed by atoms with Crippen molar-refractivity contribution in [1.29, 1.82) is 0 Å². The van der Waals surface area contributed by atoms with Gasteiger partial charge in [-0.25, -0.2) is 8.42 Å². The molecule has 4 rings (SSSR count). The van der Waals surface area contributed by atoms with Gasteiger partial charge in [-0.05, 0) is 62.2 Å². The molecule has 1 fully saturated rings. The van der Waals surface area contributed by atoms with Crippen LogP contribution in [-0.4, -0.2) is 32.8 Å². The van der Waals surface area contributed by atoms with E-state index in [0.717, 1.165) is 35.6 Å². The normalized spacial score (nSPS) is 14.1. The predicted molar refractivity (Wildman–Crippen MR) is 149 cm³/mol. The van der Waals surface area contributed by atoms with Gasteiger partial charge in [-0.2, -0.15) is 0 Å². The second-order valence-electron chi connectivity index (χ2n) is 9.21. The molecule has 9 heteroatoms. The van der Waals surface area contributed by atoms with E-state index in [2.05, 4.69) is 26.6 Å². The Kier molecular flexibility index (Phi) is 8.66. The van der Waals surface area contributed by atoms with Gasteiger partial charge in [-0.1, -0.05) is 71.1 Å². The molecule has 0 radical (unpaired) electrons. The van der Waals surface area contributed by atoms with Gasteiger partial charge in [0.2, 0.25) is 5.91 Å². The number of nitrogens with one attached hydrogen (secondary N) is 2. The van der Waals surface area contributed by atoms with E-state index in [1.807, 2.05) is 6.92 Å². The predicted octanol–water partition coefficient (Wildman–Crippen LogP) is 5.65. The Hall–Kier alpha value is -3.17. The molecular formula is C28H30BrN3O4S. The number of amides is 2. The topological polar surface area (TPSA) is 95.6 Å². The first kappa shape index (κ1) is 26.9. The zero-order valence-corrected chi connectivity index (χ0v) is 23.0. The summed E-state index contributed by atoms with van der Waals surface area (Å²) in [6.45, 7) is 1.41. The van der Waals surface area contributed by atoms with Crippen LogP contribution < -0.4 is 14.9 Å². The Morgan fingerprint density at radius 3 is 2.35 bits per heavy atom. The van der Waals surface area contributed by atoms with Crippen molar-refractivity contribution in [2.75, 3.05) is 16.2 Å². The molecule has 2 N–H and O–H groups in total. The summed E-state index contributed by atoms with van der Waals surface area (Å²) in [7, 11) is -4.05. The highest BCUT2D eigenvalue weighted by Gasteiger charge is 2.28. The highest BCUT2D eigenvalue weighted by molar-refractivity contribution is 9.10. The SMILES string of the molecule is Cc1ccc(S(=O)(=O)N(CC(=O)Nc2ccccc2C(=O)NC2CCCCC2)c2cccc(Br)c2)cc1. The second kappa shape index (κ2) is 11.9. The van der Waals surface area contributed by atoms with Crippen molar-refractivity contribution in [2.45, 2.75) is 50.0 Å². The van der Waals surface area contributed by atoms with E-state index in [1.165, 1.54) is 18.6 Å². The third kappa shape index (κ3) is 6.78. The maximum Gasteiger partial charge on any atom is 0.264 e. The van der Waals surface area contributed by atoms with Crippen LogP contribution in [0.2, 0.25) is 0 Å². The van der Waals surface area contributed by atoms with E-state index in [1.54, 1.807) is 60.7 Å². The smallest absolute Gasteiger partial charge is 0.264 e.